The second kappa shape index (κ2) is 6.22. The van der Waals surface area contributed by atoms with Crippen molar-refractivity contribution in [1.29, 1.82) is 0 Å². The zero-order chi connectivity index (χ0) is 15.5. The smallest absolute Gasteiger partial charge is 0.322 e. The highest BCUT2D eigenvalue weighted by molar-refractivity contribution is 5.90. The predicted molar refractivity (Wildman–Crippen MR) is 84.8 cm³/mol. The number of para-hydroxylation sites is 1. The molecule has 116 valence electrons. The zero-order valence-electron chi connectivity index (χ0n) is 13.0. The van der Waals surface area contributed by atoms with Gasteiger partial charge in [-0.15, -0.1) is 0 Å². The van der Waals surface area contributed by atoms with Crippen LogP contribution >= 0.6 is 0 Å². The van der Waals surface area contributed by atoms with Crippen molar-refractivity contribution in [3.63, 3.8) is 0 Å². The number of carbonyl (C=O) groups excluding carboxylic acids is 1. The van der Waals surface area contributed by atoms with Crippen molar-refractivity contribution in [2.75, 3.05) is 11.9 Å². The fourth-order valence-corrected chi connectivity index (χ4v) is 2.98. The number of likely N-dealkylation sites (tertiary alicyclic amines) is 1. The zero-order valence-corrected chi connectivity index (χ0v) is 13.0. The first-order valence-electron chi connectivity index (χ1n) is 7.77. The van der Waals surface area contributed by atoms with E-state index in [2.05, 4.69) is 17.4 Å². The molecule has 0 saturated carbocycles. The van der Waals surface area contributed by atoms with Crippen LogP contribution in [0.4, 0.5) is 10.5 Å². The summed E-state index contributed by atoms with van der Waals surface area (Å²) in [4.78, 5) is 14.5. The molecule has 0 bridgehead atoms. The molecule has 2 aromatic rings. The van der Waals surface area contributed by atoms with Crippen LogP contribution in [0.1, 0.15) is 42.8 Å². The van der Waals surface area contributed by atoms with Gasteiger partial charge in [0, 0.05) is 18.3 Å². The van der Waals surface area contributed by atoms with Crippen LogP contribution in [0.2, 0.25) is 0 Å². The van der Waals surface area contributed by atoms with Gasteiger partial charge in [-0.25, -0.2) is 4.79 Å². The SMILES string of the molecule is CCc1ccccc1NC(=O)N1CCCC1c1cc(C)no1. The molecule has 1 atom stereocenters. The molecule has 5 nitrogen and oxygen atoms in total. The Hall–Kier alpha value is -2.30. The number of hydrogen-bond donors (Lipinski definition) is 1. The van der Waals surface area contributed by atoms with Crippen LogP contribution in [-0.4, -0.2) is 22.6 Å². The second-order valence-corrected chi connectivity index (χ2v) is 5.66. The van der Waals surface area contributed by atoms with E-state index in [0.717, 1.165) is 48.5 Å². The second-order valence-electron chi connectivity index (χ2n) is 5.66. The molecule has 1 N–H and O–H groups in total. The van der Waals surface area contributed by atoms with Crippen LogP contribution < -0.4 is 5.32 Å². The van der Waals surface area contributed by atoms with Gasteiger partial charge in [-0.2, -0.15) is 0 Å². The monoisotopic (exact) mass is 299 g/mol. The molecule has 1 aliphatic rings. The molecule has 0 spiro atoms. The number of rotatable bonds is 3. The van der Waals surface area contributed by atoms with Gasteiger partial charge in [0.1, 0.15) is 0 Å². The molecular weight excluding hydrogens is 278 g/mol. The average molecular weight is 299 g/mol. The van der Waals surface area contributed by atoms with E-state index >= 15 is 0 Å². The number of urea groups is 1. The first-order chi connectivity index (χ1) is 10.7. The Bertz CT molecular complexity index is 665. The highest BCUT2D eigenvalue weighted by atomic mass is 16.5. The third-order valence-corrected chi connectivity index (χ3v) is 4.13. The normalized spacial score (nSPS) is 17.7. The molecule has 0 radical (unpaired) electrons. The molecule has 1 saturated heterocycles. The van der Waals surface area contributed by atoms with Gasteiger partial charge in [0.05, 0.1) is 11.7 Å². The van der Waals surface area contributed by atoms with Crippen molar-refractivity contribution in [3.8, 4) is 0 Å². The number of anilines is 1. The lowest BCUT2D eigenvalue weighted by molar-refractivity contribution is 0.195. The van der Waals surface area contributed by atoms with E-state index in [1.807, 2.05) is 42.2 Å². The number of nitrogens with one attached hydrogen (secondary N) is 1. The maximum Gasteiger partial charge on any atom is 0.322 e. The molecule has 2 amide bonds. The van der Waals surface area contributed by atoms with Crippen molar-refractivity contribution in [2.24, 2.45) is 0 Å². The van der Waals surface area contributed by atoms with Crippen LogP contribution in [-0.2, 0) is 6.42 Å². The molecule has 1 fully saturated rings. The first kappa shape index (κ1) is 14.6. The molecule has 1 unspecified atom stereocenters. The number of hydrogen-bond acceptors (Lipinski definition) is 3. The van der Waals surface area contributed by atoms with E-state index in [4.69, 9.17) is 4.52 Å². The lowest BCUT2D eigenvalue weighted by Crippen LogP contribution is -2.34. The number of aryl methyl sites for hydroxylation is 2. The van der Waals surface area contributed by atoms with Crippen LogP contribution in [0.5, 0.6) is 0 Å². The summed E-state index contributed by atoms with van der Waals surface area (Å²) in [7, 11) is 0. The van der Waals surface area contributed by atoms with Crippen molar-refractivity contribution >= 4 is 11.7 Å². The van der Waals surface area contributed by atoms with Gasteiger partial charge in [0.15, 0.2) is 5.76 Å². The summed E-state index contributed by atoms with van der Waals surface area (Å²) in [6.07, 6.45) is 2.78. The highest BCUT2D eigenvalue weighted by Crippen LogP contribution is 2.32. The largest absolute Gasteiger partial charge is 0.359 e. The lowest BCUT2D eigenvalue weighted by atomic mass is 10.1. The van der Waals surface area contributed by atoms with E-state index in [-0.39, 0.29) is 12.1 Å². The molecule has 1 aromatic heterocycles. The van der Waals surface area contributed by atoms with E-state index in [9.17, 15) is 4.79 Å². The van der Waals surface area contributed by atoms with Crippen molar-refractivity contribution in [2.45, 2.75) is 39.2 Å². The van der Waals surface area contributed by atoms with Gasteiger partial charge in [-0.05, 0) is 37.8 Å². The Balaban J connectivity index is 1.76. The Morgan fingerprint density at radius 3 is 3.00 bits per heavy atom. The van der Waals surface area contributed by atoms with E-state index < -0.39 is 0 Å². The quantitative estimate of drug-likeness (QED) is 0.934. The van der Waals surface area contributed by atoms with E-state index in [1.54, 1.807) is 0 Å². The van der Waals surface area contributed by atoms with E-state index in [0.29, 0.717) is 0 Å². The number of benzene rings is 1. The van der Waals surface area contributed by atoms with Gasteiger partial charge in [-0.1, -0.05) is 30.3 Å². The van der Waals surface area contributed by atoms with Crippen LogP contribution in [0.15, 0.2) is 34.9 Å². The molecule has 1 aliphatic heterocycles. The molecule has 3 rings (SSSR count). The van der Waals surface area contributed by atoms with Crippen molar-refractivity contribution in [3.05, 3.63) is 47.3 Å². The summed E-state index contributed by atoms with van der Waals surface area (Å²) in [5.41, 5.74) is 2.87. The Morgan fingerprint density at radius 2 is 2.27 bits per heavy atom. The van der Waals surface area contributed by atoms with E-state index in [1.165, 1.54) is 0 Å². The van der Waals surface area contributed by atoms with Crippen molar-refractivity contribution < 1.29 is 9.32 Å². The molecule has 22 heavy (non-hydrogen) atoms. The molecular formula is C17H21N3O2. The van der Waals surface area contributed by atoms with Gasteiger partial charge < -0.3 is 14.7 Å². The summed E-state index contributed by atoms with van der Waals surface area (Å²) in [5, 5.41) is 6.97. The number of nitrogens with zero attached hydrogens (tertiary/aromatic N) is 2. The minimum atomic E-state index is -0.0718. The fourth-order valence-electron chi connectivity index (χ4n) is 2.98. The summed E-state index contributed by atoms with van der Waals surface area (Å²) < 4.78 is 5.35. The fraction of sp³-hybridized carbons (Fsp3) is 0.412. The first-order valence-corrected chi connectivity index (χ1v) is 7.77. The Labute approximate surface area is 130 Å². The average Bonchev–Trinajstić information content (AvgIpc) is 3.16. The topological polar surface area (TPSA) is 58.4 Å². The predicted octanol–water partition coefficient (Wildman–Crippen LogP) is 3.91. The van der Waals surface area contributed by atoms with Crippen LogP contribution in [0.25, 0.3) is 0 Å². The number of aromatic nitrogens is 1. The third kappa shape index (κ3) is 2.84. The van der Waals surface area contributed by atoms with Crippen LogP contribution in [0, 0.1) is 6.92 Å². The summed E-state index contributed by atoms with van der Waals surface area (Å²) in [5.74, 6) is 0.772. The molecule has 1 aromatic carbocycles. The maximum atomic E-state index is 12.6. The maximum absolute atomic E-state index is 12.6. The minimum Gasteiger partial charge on any atom is -0.359 e. The third-order valence-electron chi connectivity index (χ3n) is 4.13. The summed E-state index contributed by atoms with van der Waals surface area (Å²) >= 11 is 0. The number of carbonyl (C=O) groups is 1. The standard InChI is InChI=1S/C17H21N3O2/c1-3-13-7-4-5-8-14(13)18-17(21)20-10-6-9-15(20)16-11-12(2)19-22-16/h4-5,7-8,11,15H,3,6,9-10H2,1-2H3,(H,18,21). The lowest BCUT2D eigenvalue weighted by Gasteiger charge is -2.23. The molecule has 5 heteroatoms. The van der Waals surface area contributed by atoms with Gasteiger partial charge >= 0.3 is 6.03 Å². The van der Waals surface area contributed by atoms with Gasteiger partial charge in [-0.3, -0.25) is 0 Å². The number of amides is 2. The van der Waals surface area contributed by atoms with Crippen LogP contribution in [0.3, 0.4) is 0 Å². The van der Waals surface area contributed by atoms with Gasteiger partial charge in [0.2, 0.25) is 0 Å². The molecule has 2 heterocycles. The Kier molecular flexibility index (Phi) is 4.13. The van der Waals surface area contributed by atoms with Gasteiger partial charge in [0.25, 0.3) is 0 Å². The molecule has 0 aliphatic carbocycles. The van der Waals surface area contributed by atoms with Crippen molar-refractivity contribution in [1.82, 2.24) is 10.1 Å². The Morgan fingerprint density at radius 1 is 1.45 bits per heavy atom. The summed E-state index contributed by atoms with van der Waals surface area (Å²) in [6, 6.07) is 9.74. The summed E-state index contributed by atoms with van der Waals surface area (Å²) in [6.45, 7) is 4.72. The highest BCUT2D eigenvalue weighted by Gasteiger charge is 2.32. The minimum absolute atomic E-state index is 0.0185.